The summed E-state index contributed by atoms with van der Waals surface area (Å²) in [6.45, 7) is 6.85. The number of sulfonamides is 1. The average Bonchev–Trinajstić information content (AvgIpc) is 3.14. The number of ether oxygens (including phenoxy) is 2. The standard InChI is InChI=1S/C26H30N4O6S/c1-16-14-26(2,3)30(15-16)23-18(24(31)29-37(33,34)21-10-7-13-27-25(21)32)11-12-19(28-23)17-8-6-9-20(35-4)22(17)36-5/h6-13,16H,14-15H2,1-5H3,(H,27,32)(H,29,31)/t16-/m0/s1. The van der Waals surface area contributed by atoms with E-state index < -0.39 is 26.4 Å². The molecule has 1 atom stereocenters. The van der Waals surface area contributed by atoms with Crippen LogP contribution in [0.1, 0.15) is 37.6 Å². The number of anilines is 1. The van der Waals surface area contributed by atoms with Crippen molar-refractivity contribution in [2.75, 3.05) is 25.7 Å². The molecule has 1 amide bonds. The Morgan fingerprint density at radius 1 is 1.14 bits per heavy atom. The highest BCUT2D eigenvalue weighted by molar-refractivity contribution is 7.90. The molecule has 0 bridgehead atoms. The largest absolute Gasteiger partial charge is 0.493 e. The first-order chi connectivity index (χ1) is 17.5. The second kappa shape index (κ2) is 9.89. The Labute approximate surface area is 215 Å². The second-order valence-electron chi connectivity index (χ2n) is 9.64. The number of carbonyl (C=O) groups excluding carboxylic acids is 1. The van der Waals surface area contributed by atoms with Crippen molar-refractivity contribution in [1.29, 1.82) is 0 Å². The molecule has 0 unspecified atom stereocenters. The molecular formula is C26H30N4O6S. The number of pyridine rings is 2. The van der Waals surface area contributed by atoms with E-state index in [0.717, 1.165) is 12.5 Å². The lowest BCUT2D eigenvalue weighted by Gasteiger charge is -2.34. The van der Waals surface area contributed by atoms with Crippen molar-refractivity contribution in [3.8, 4) is 22.8 Å². The first kappa shape index (κ1) is 26.2. The van der Waals surface area contributed by atoms with E-state index >= 15 is 0 Å². The van der Waals surface area contributed by atoms with Gasteiger partial charge < -0.3 is 19.4 Å². The third-order valence-corrected chi connectivity index (χ3v) is 7.78. The maximum atomic E-state index is 13.4. The quantitative estimate of drug-likeness (QED) is 0.480. The molecule has 1 aliphatic heterocycles. The number of benzene rings is 1. The number of nitrogens with one attached hydrogen (secondary N) is 2. The normalized spacial score (nSPS) is 16.9. The van der Waals surface area contributed by atoms with Crippen LogP contribution in [0.3, 0.4) is 0 Å². The van der Waals surface area contributed by atoms with Gasteiger partial charge in [0.25, 0.3) is 21.5 Å². The van der Waals surface area contributed by atoms with Crippen LogP contribution in [0.5, 0.6) is 11.5 Å². The van der Waals surface area contributed by atoms with Gasteiger partial charge in [0.2, 0.25) is 0 Å². The molecule has 3 aromatic rings. The summed E-state index contributed by atoms with van der Waals surface area (Å²) in [5.41, 5.74) is 0.0944. The number of hydrogen-bond donors (Lipinski definition) is 2. The molecule has 3 heterocycles. The number of methoxy groups -OCH3 is 2. The fourth-order valence-electron chi connectivity index (χ4n) is 4.88. The zero-order chi connectivity index (χ0) is 27.0. The van der Waals surface area contributed by atoms with Crippen LogP contribution in [-0.4, -0.2) is 50.6 Å². The smallest absolute Gasteiger partial charge is 0.269 e. The molecule has 1 aliphatic rings. The van der Waals surface area contributed by atoms with Gasteiger partial charge >= 0.3 is 0 Å². The molecule has 0 saturated carbocycles. The Morgan fingerprint density at radius 3 is 2.51 bits per heavy atom. The summed E-state index contributed by atoms with van der Waals surface area (Å²) in [5.74, 6) is 0.797. The van der Waals surface area contributed by atoms with Gasteiger partial charge in [-0.3, -0.25) is 9.59 Å². The summed E-state index contributed by atoms with van der Waals surface area (Å²) in [6, 6.07) is 11.1. The molecule has 2 N–H and O–H groups in total. The van der Waals surface area contributed by atoms with Crippen LogP contribution in [0.2, 0.25) is 0 Å². The van der Waals surface area contributed by atoms with Gasteiger partial charge in [0.05, 0.1) is 25.5 Å². The Bertz CT molecular complexity index is 1500. The second-order valence-corrected chi connectivity index (χ2v) is 11.3. The topological polar surface area (TPSA) is 131 Å². The average molecular weight is 527 g/mol. The van der Waals surface area contributed by atoms with E-state index in [1.165, 1.54) is 25.4 Å². The minimum absolute atomic E-state index is 0.0729. The first-order valence-electron chi connectivity index (χ1n) is 11.7. The van der Waals surface area contributed by atoms with Crippen molar-refractivity contribution in [3.05, 3.63) is 64.6 Å². The van der Waals surface area contributed by atoms with Crippen LogP contribution >= 0.6 is 0 Å². The predicted molar refractivity (Wildman–Crippen MR) is 140 cm³/mol. The van der Waals surface area contributed by atoms with Crippen molar-refractivity contribution in [2.24, 2.45) is 5.92 Å². The van der Waals surface area contributed by atoms with Gasteiger partial charge in [0, 0.05) is 23.8 Å². The molecule has 11 heteroatoms. The highest BCUT2D eigenvalue weighted by Crippen LogP contribution is 2.41. The molecule has 1 aromatic carbocycles. The third kappa shape index (κ3) is 5.04. The highest BCUT2D eigenvalue weighted by atomic mass is 32.2. The zero-order valence-electron chi connectivity index (χ0n) is 21.4. The Morgan fingerprint density at radius 2 is 1.89 bits per heavy atom. The zero-order valence-corrected chi connectivity index (χ0v) is 22.2. The van der Waals surface area contributed by atoms with E-state index in [0.29, 0.717) is 41.0 Å². The number of rotatable bonds is 7. The summed E-state index contributed by atoms with van der Waals surface area (Å²) in [5, 5.41) is 0. The van der Waals surface area contributed by atoms with E-state index in [4.69, 9.17) is 14.5 Å². The minimum Gasteiger partial charge on any atom is -0.493 e. The van der Waals surface area contributed by atoms with Gasteiger partial charge in [-0.1, -0.05) is 13.0 Å². The summed E-state index contributed by atoms with van der Waals surface area (Å²) in [4.78, 5) is 34.1. The molecule has 10 nitrogen and oxygen atoms in total. The monoisotopic (exact) mass is 526 g/mol. The summed E-state index contributed by atoms with van der Waals surface area (Å²) < 4.78 is 38.8. The number of amides is 1. The van der Waals surface area contributed by atoms with Crippen molar-refractivity contribution in [2.45, 2.75) is 37.6 Å². The van der Waals surface area contributed by atoms with Crippen LogP contribution in [-0.2, 0) is 10.0 Å². The molecular weight excluding hydrogens is 496 g/mol. The number of hydrogen-bond acceptors (Lipinski definition) is 8. The molecule has 0 radical (unpaired) electrons. The Balaban J connectivity index is 1.84. The molecule has 2 aromatic heterocycles. The first-order valence-corrected chi connectivity index (χ1v) is 13.2. The number of para-hydroxylation sites is 1. The summed E-state index contributed by atoms with van der Waals surface area (Å²) in [7, 11) is -1.35. The van der Waals surface area contributed by atoms with Crippen LogP contribution < -0.4 is 24.7 Å². The highest BCUT2D eigenvalue weighted by Gasteiger charge is 2.39. The van der Waals surface area contributed by atoms with Gasteiger partial charge in [-0.2, -0.15) is 0 Å². The number of carbonyl (C=O) groups is 1. The van der Waals surface area contributed by atoms with E-state index in [1.54, 1.807) is 19.2 Å². The fraction of sp³-hybridized carbons (Fsp3) is 0.346. The molecule has 37 heavy (non-hydrogen) atoms. The van der Waals surface area contributed by atoms with E-state index in [-0.39, 0.29) is 11.1 Å². The number of aromatic amines is 1. The van der Waals surface area contributed by atoms with Gasteiger partial charge in [-0.25, -0.2) is 18.1 Å². The lowest BCUT2D eigenvalue weighted by molar-refractivity contribution is 0.0981. The van der Waals surface area contributed by atoms with Gasteiger partial charge in [-0.15, -0.1) is 0 Å². The van der Waals surface area contributed by atoms with Crippen LogP contribution in [0.15, 0.2) is 58.4 Å². The van der Waals surface area contributed by atoms with Gasteiger partial charge in [-0.05, 0) is 62.6 Å². The number of nitrogens with zero attached hydrogens (tertiary/aromatic N) is 2. The summed E-state index contributed by atoms with van der Waals surface area (Å²) >= 11 is 0. The van der Waals surface area contributed by atoms with Crippen molar-refractivity contribution >= 4 is 21.7 Å². The maximum absolute atomic E-state index is 13.4. The Hall–Kier alpha value is -3.86. The predicted octanol–water partition coefficient (Wildman–Crippen LogP) is 3.20. The number of aromatic nitrogens is 2. The van der Waals surface area contributed by atoms with Crippen molar-refractivity contribution < 1.29 is 22.7 Å². The lowest BCUT2D eigenvalue weighted by atomic mass is 9.97. The minimum atomic E-state index is -4.43. The third-order valence-electron chi connectivity index (χ3n) is 6.43. The van der Waals surface area contributed by atoms with E-state index in [1.807, 2.05) is 21.8 Å². The Kier molecular flexibility index (Phi) is 7.00. The molecule has 0 aliphatic carbocycles. The van der Waals surface area contributed by atoms with Crippen molar-refractivity contribution in [3.63, 3.8) is 0 Å². The molecule has 0 spiro atoms. The van der Waals surface area contributed by atoms with E-state index in [2.05, 4.69) is 25.8 Å². The van der Waals surface area contributed by atoms with Crippen LogP contribution in [0, 0.1) is 5.92 Å². The molecule has 196 valence electrons. The lowest BCUT2D eigenvalue weighted by Crippen LogP contribution is -2.41. The fourth-order valence-corrected chi connectivity index (χ4v) is 5.90. The maximum Gasteiger partial charge on any atom is 0.269 e. The van der Waals surface area contributed by atoms with Gasteiger partial charge in [0.1, 0.15) is 5.82 Å². The van der Waals surface area contributed by atoms with Crippen molar-refractivity contribution in [1.82, 2.24) is 14.7 Å². The molecule has 4 rings (SSSR count). The van der Waals surface area contributed by atoms with E-state index in [9.17, 15) is 18.0 Å². The summed E-state index contributed by atoms with van der Waals surface area (Å²) in [6.07, 6.45) is 2.17. The van der Waals surface area contributed by atoms with Gasteiger partial charge in [0.15, 0.2) is 16.4 Å². The van der Waals surface area contributed by atoms with Crippen LogP contribution in [0.25, 0.3) is 11.3 Å². The number of H-pyrrole nitrogens is 1. The molecule has 1 fully saturated rings. The molecule has 1 saturated heterocycles. The SMILES string of the molecule is COc1cccc(-c2ccc(C(=O)NS(=O)(=O)c3ccc[nH]c3=O)c(N3C[C@@H](C)CC3(C)C)n2)c1OC. The van der Waals surface area contributed by atoms with Crippen LogP contribution in [0.4, 0.5) is 5.82 Å².